The summed E-state index contributed by atoms with van der Waals surface area (Å²) < 4.78 is 4.52. The molecular formula is C35H23N5. The van der Waals surface area contributed by atoms with Gasteiger partial charge < -0.3 is 0 Å². The molecule has 0 spiro atoms. The van der Waals surface area contributed by atoms with Crippen LogP contribution in [0.3, 0.4) is 0 Å². The van der Waals surface area contributed by atoms with Crippen molar-refractivity contribution in [2.24, 2.45) is 10.9 Å². The molecule has 4 aromatic heterocycles. The SMILES string of the molecule is C1=CC2=CN=C(n3c4ccccc4c4nc5c(cc43)c3ccccc3n5-c3cc4ccccc4cn3)CC2C=C1. The first-order valence-electron chi connectivity index (χ1n) is 13.6. The van der Waals surface area contributed by atoms with Crippen molar-refractivity contribution in [2.75, 3.05) is 0 Å². The normalized spacial score (nSPS) is 16.8. The van der Waals surface area contributed by atoms with Crippen molar-refractivity contribution in [1.29, 1.82) is 0 Å². The molecule has 5 heterocycles. The molecule has 0 saturated carbocycles. The minimum absolute atomic E-state index is 0.339. The first-order chi connectivity index (χ1) is 19.8. The van der Waals surface area contributed by atoms with Crippen LogP contribution in [0.5, 0.6) is 0 Å². The monoisotopic (exact) mass is 513 g/mol. The number of rotatable bonds is 1. The summed E-state index contributed by atoms with van der Waals surface area (Å²) in [4.78, 5) is 15.3. The third-order valence-electron chi connectivity index (χ3n) is 8.31. The predicted octanol–water partition coefficient (Wildman–Crippen LogP) is 8.11. The Labute approximate surface area is 229 Å². The first-order valence-corrected chi connectivity index (χ1v) is 13.6. The quantitative estimate of drug-likeness (QED) is 0.223. The lowest BCUT2D eigenvalue weighted by molar-refractivity contribution is 0.781. The summed E-state index contributed by atoms with van der Waals surface area (Å²) in [7, 11) is 0. The Hall–Kier alpha value is -5.29. The third kappa shape index (κ3) is 3.00. The Bertz CT molecular complexity index is 2310. The molecule has 0 amide bonds. The van der Waals surface area contributed by atoms with Crippen LogP contribution in [0, 0.1) is 5.92 Å². The van der Waals surface area contributed by atoms with Crippen molar-refractivity contribution < 1.29 is 0 Å². The molecule has 0 N–H and O–H groups in total. The second-order valence-corrected chi connectivity index (χ2v) is 10.6. The highest BCUT2D eigenvalue weighted by molar-refractivity contribution is 6.18. The molecule has 5 nitrogen and oxygen atoms in total. The first kappa shape index (κ1) is 21.6. The summed E-state index contributed by atoms with van der Waals surface area (Å²) in [5.41, 5.74) is 6.45. The Morgan fingerprint density at radius 3 is 2.38 bits per heavy atom. The maximum absolute atomic E-state index is 5.40. The molecule has 0 bridgehead atoms. The van der Waals surface area contributed by atoms with E-state index in [1.165, 1.54) is 5.57 Å². The Kier molecular flexibility index (Phi) is 4.38. The van der Waals surface area contributed by atoms with E-state index in [2.05, 4.69) is 112 Å². The van der Waals surface area contributed by atoms with Crippen LogP contribution < -0.4 is 0 Å². The van der Waals surface area contributed by atoms with Gasteiger partial charge >= 0.3 is 0 Å². The van der Waals surface area contributed by atoms with Crippen molar-refractivity contribution in [2.45, 2.75) is 6.42 Å². The molecule has 3 aromatic carbocycles. The zero-order valence-electron chi connectivity index (χ0n) is 21.6. The van der Waals surface area contributed by atoms with Crippen LogP contribution in [0.1, 0.15) is 6.42 Å². The van der Waals surface area contributed by atoms with Crippen LogP contribution in [0.15, 0.2) is 132 Å². The summed E-state index contributed by atoms with van der Waals surface area (Å²) in [6.45, 7) is 0. The highest BCUT2D eigenvalue weighted by atomic mass is 15.1. The van der Waals surface area contributed by atoms with Gasteiger partial charge in [0.1, 0.15) is 17.3 Å². The third-order valence-corrected chi connectivity index (χ3v) is 8.31. The number of allylic oxidation sites excluding steroid dienone is 5. The predicted molar refractivity (Wildman–Crippen MR) is 164 cm³/mol. The van der Waals surface area contributed by atoms with E-state index in [4.69, 9.17) is 15.0 Å². The van der Waals surface area contributed by atoms with Gasteiger partial charge in [-0.2, -0.15) is 0 Å². The topological polar surface area (TPSA) is 48.0 Å². The van der Waals surface area contributed by atoms with Crippen LogP contribution in [-0.4, -0.2) is 24.9 Å². The molecule has 1 aliphatic heterocycles. The molecule has 188 valence electrons. The number of nitrogens with zero attached hydrogens (tertiary/aromatic N) is 5. The molecule has 7 aromatic rings. The molecule has 1 unspecified atom stereocenters. The summed E-state index contributed by atoms with van der Waals surface area (Å²) in [5.74, 6) is 2.25. The number of aliphatic imine (C=N–C) groups is 1. The minimum atomic E-state index is 0.339. The van der Waals surface area contributed by atoms with E-state index in [1.54, 1.807) is 0 Å². The molecule has 1 aliphatic carbocycles. The van der Waals surface area contributed by atoms with E-state index in [9.17, 15) is 0 Å². The molecule has 1 atom stereocenters. The van der Waals surface area contributed by atoms with Gasteiger partial charge in [0.05, 0.1) is 22.1 Å². The average molecular weight is 514 g/mol. The van der Waals surface area contributed by atoms with Crippen molar-refractivity contribution in [3.8, 4) is 5.82 Å². The zero-order chi connectivity index (χ0) is 26.2. The molecule has 0 radical (unpaired) electrons. The second kappa shape index (κ2) is 8.10. The van der Waals surface area contributed by atoms with E-state index in [1.807, 2.05) is 18.5 Å². The molecule has 9 rings (SSSR count). The lowest BCUT2D eigenvalue weighted by atomic mass is 9.90. The van der Waals surface area contributed by atoms with Gasteiger partial charge in [-0.05, 0) is 35.2 Å². The maximum Gasteiger partial charge on any atom is 0.147 e. The fourth-order valence-electron chi connectivity index (χ4n) is 6.42. The van der Waals surface area contributed by atoms with Gasteiger partial charge in [-0.25, -0.2) is 15.0 Å². The van der Waals surface area contributed by atoms with Crippen LogP contribution in [0.25, 0.3) is 60.5 Å². The van der Waals surface area contributed by atoms with Crippen molar-refractivity contribution in [1.82, 2.24) is 19.1 Å². The lowest BCUT2D eigenvalue weighted by Gasteiger charge is -2.22. The summed E-state index contributed by atoms with van der Waals surface area (Å²) >= 11 is 0. The number of hydrogen-bond acceptors (Lipinski definition) is 3. The number of hydrogen-bond donors (Lipinski definition) is 0. The number of fused-ring (bicyclic) bond motifs is 8. The highest BCUT2D eigenvalue weighted by Crippen LogP contribution is 2.37. The Balaban J connectivity index is 1.37. The molecule has 5 heteroatoms. The number of benzene rings is 3. The molecule has 0 saturated heterocycles. The van der Waals surface area contributed by atoms with E-state index >= 15 is 0 Å². The highest BCUT2D eigenvalue weighted by Gasteiger charge is 2.24. The van der Waals surface area contributed by atoms with E-state index in [0.29, 0.717) is 5.92 Å². The number of para-hydroxylation sites is 2. The largest absolute Gasteiger partial charge is 0.296 e. The summed E-state index contributed by atoms with van der Waals surface area (Å²) in [6, 6.07) is 29.9. The second-order valence-electron chi connectivity index (χ2n) is 10.6. The summed E-state index contributed by atoms with van der Waals surface area (Å²) in [5, 5.41) is 5.67. The lowest BCUT2D eigenvalue weighted by Crippen LogP contribution is -2.20. The Morgan fingerprint density at radius 2 is 1.48 bits per heavy atom. The number of aromatic nitrogens is 4. The molecule has 2 aliphatic rings. The van der Waals surface area contributed by atoms with Crippen LogP contribution in [0.2, 0.25) is 0 Å². The van der Waals surface area contributed by atoms with Crippen molar-refractivity contribution in [3.05, 3.63) is 127 Å². The van der Waals surface area contributed by atoms with E-state index in [-0.39, 0.29) is 0 Å². The Morgan fingerprint density at radius 1 is 0.700 bits per heavy atom. The van der Waals surface area contributed by atoms with Gasteiger partial charge in [-0.3, -0.25) is 9.13 Å². The van der Waals surface area contributed by atoms with Crippen LogP contribution >= 0.6 is 0 Å². The van der Waals surface area contributed by atoms with Crippen molar-refractivity contribution in [3.63, 3.8) is 0 Å². The summed E-state index contributed by atoms with van der Waals surface area (Å²) in [6.07, 6.45) is 13.5. The van der Waals surface area contributed by atoms with Crippen molar-refractivity contribution >= 4 is 60.5 Å². The fourth-order valence-corrected chi connectivity index (χ4v) is 6.42. The van der Waals surface area contributed by atoms with Gasteiger partial charge in [0.15, 0.2) is 0 Å². The maximum atomic E-state index is 5.40. The van der Waals surface area contributed by atoms with Gasteiger partial charge in [-0.15, -0.1) is 0 Å². The number of pyridine rings is 2. The molecule has 40 heavy (non-hydrogen) atoms. The minimum Gasteiger partial charge on any atom is -0.296 e. The standard InChI is InChI=1S/C35H23N5/c1-3-11-24-20-36-32(17-22(24)9-1)39-30-16-8-6-14-27(30)34-31(39)19-28-26-13-5-7-15-29(26)40(35(28)38-34)33-18-23-10-2-4-12-25(23)21-37-33/h1-16,18-22H,17H2. The van der Waals surface area contributed by atoms with Crippen LogP contribution in [0.4, 0.5) is 0 Å². The smallest absolute Gasteiger partial charge is 0.147 e. The average Bonchev–Trinajstić information content (AvgIpc) is 3.51. The zero-order valence-corrected chi connectivity index (χ0v) is 21.6. The van der Waals surface area contributed by atoms with E-state index in [0.717, 1.165) is 72.7 Å². The fraction of sp³-hybridized carbons (Fsp3) is 0.0571. The van der Waals surface area contributed by atoms with Gasteiger partial charge in [0.2, 0.25) is 0 Å². The van der Waals surface area contributed by atoms with Crippen LogP contribution in [-0.2, 0) is 0 Å². The van der Waals surface area contributed by atoms with Gasteiger partial charge in [0, 0.05) is 46.3 Å². The van der Waals surface area contributed by atoms with E-state index < -0.39 is 0 Å². The van der Waals surface area contributed by atoms with Gasteiger partial charge in [-0.1, -0.05) is 85.0 Å². The molecular weight excluding hydrogens is 490 g/mol. The molecule has 0 fully saturated rings. The van der Waals surface area contributed by atoms with Gasteiger partial charge in [0.25, 0.3) is 0 Å².